The van der Waals surface area contributed by atoms with E-state index in [9.17, 15) is 14.3 Å². The van der Waals surface area contributed by atoms with Crippen LogP contribution < -0.4 is 9.47 Å². The summed E-state index contributed by atoms with van der Waals surface area (Å²) in [5, 5.41) is 9.77. The Morgan fingerprint density at radius 2 is 1.89 bits per heavy atom. The van der Waals surface area contributed by atoms with Crippen molar-refractivity contribution in [2.75, 3.05) is 20.3 Å². The lowest BCUT2D eigenvalue weighted by atomic mass is 9.91. The van der Waals surface area contributed by atoms with Crippen LogP contribution in [0, 0.1) is 5.82 Å². The highest BCUT2D eigenvalue weighted by Gasteiger charge is 2.35. The molecular weight excluding hydrogens is 361 g/mol. The van der Waals surface area contributed by atoms with Gasteiger partial charge in [0, 0.05) is 0 Å². The molecule has 0 bridgehead atoms. The molecule has 0 amide bonds. The molecule has 1 aliphatic rings. The van der Waals surface area contributed by atoms with Gasteiger partial charge in [-0.25, -0.2) is 4.39 Å². The van der Waals surface area contributed by atoms with Crippen molar-refractivity contribution < 1.29 is 23.8 Å². The first-order valence-electron chi connectivity index (χ1n) is 9.60. The second-order valence-corrected chi connectivity index (χ2v) is 6.89. The van der Waals surface area contributed by atoms with Crippen LogP contribution >= 0.6 is 0 Å². The number of aliphatic carboxylic acids is 1. The molecule has 0 aliphatic carbocycles. The summed E-state index contributed by atoms with van der Waals surface area (Å²) >= 11 is 0. The van der Waals surface area contributed by atoms with Crippen molar-refractivity contribution >= 4 is 5.97 Å². The number of carboxylic acids is 1. The Morgan fingerprint density at radius 3 is 2.54 bits per heavy atom. The smallest absolute Gasteiger partial charge is 0.320 e. The molecule has 150 valence electrons. The third kappa shape index (κ3) is 4.28. The Kier molecular flexibility index (Phi) is 6.52. The fourth-order valence-electron chi connectivity index (χ4n) is 3.88. The second-order valence-electron chi connectivity index (χ2n) is 6.89. The third-order valence-corrected chi connectivity index (χ3v) is 5.15. The van der Waals surface area contributed by atoms with E-state index >= 15 is 0 Å². The largest absolute Gasteiger partial charge is 0.493 e. The van der Waals surface area contributed by atoms with E-state index in [2.05, 4.69) is 0 Å². The van der Waals surface area contributed by atoms with Gasteiger partial charge in [-0.3, -0.25) is 9.69 Å². The SMILES string of the molecule is CCOc1cc(C(c2ccc(F)cc2)N2CCCCC2C(=O)O)ccc1OC. The Morgan fingerprint density at radius 1 is 1.18 bits per heavy atom. The van der Waals surface area contributed by atoms with Crippen molar-refractivity contribution in [3.63, 3.8) is 0 Å². The van der Waals surface area contributed by atoms with E-state index in [-0.39, 0.29) is 11.9 Å². The monoisotopic (exact) mass is 387 g/mol. The van der Waals surface area contributed by atoms with E-state index in [0.717, 1.165) is 24.0 Å². The molecule has 3 rings (SSSR count). The van der Waals surface area contributed by atoms with Crippen LogP contribution in [0.1, 0.15) is 43.4 Å². The van der Waals surface area contributed by atoms with Crippen molar-refractivity contribution in [2.24, 2.45) is 0 Å². The lowest BCUT2D eigenvalue weighted by Gasteiger charge is -2.39. The summed E-state index contributed by atoms with van der Waals surface area (Å²) in [7, 11) is 1.58. The van der Waals surface area contributed by atoms with Gasteiger partial charge in [0.15, 0.2) is 11.5 Å². The number of methoxy groups -OCH3 is 1. The van der Waals surface area contributed by atoms with Crippen LogP contribution in [0.5, 0.6) is 11.5 Å². The molecule has 2 aromatic carbocycles. The van der Waals surface area contributed by atoms with Crippen LogP contribution in [0.3, 0.4) is 0 Å². The number of hydrogen-bond acceptors (Lipinski definition) is 4. The summed E-state index contributed by atoms with van der Waals surface area (Å²) in [6.45, 7) is 3.05. The fourth-order valence-corrected chi connectivity index (χ4v) is 3.88. The molecule has 1 aliphatic heterocycles. The van der Waals surface area contributed by atoms with Crippen LogP contribution in [0.2, 0.25) is 0 Å². The average Bonchev–Trinajstić information content (AvgIpc) is 2.70. The molecule has 0 aromatic heterocycles. The molecule has 1 N–H and O–H groups in total. The standard InChI is InChI=1S/C22H26FNO4/c1-3-28-20-14-16(9-12-19(20)27-2)21(15-7-10-17(23)11-8-15)24-13-5-4-6-18(24)22(25)26/h7-12,14,18,21H,3-6,13H2,1-2H3,(H,25,26). The van der Waals surface area contributed by atoms with Gasteiger partial charge in [-0.1, -0.05) is 24.6 Å². The van der Waals surface area contributed by atoms with Gasteiger partial charge in [0.2, 0.25) is 0 Å². The second kappa shape index (κ2) is 9.06. The zero-order valence-corrected chi connectivity index (χ0v) is 16.2. The number of carboxylic acid groups (broad SMARTS) is 1. The van der Waals surface area contributed by atoms with Crippen molar-refractivity contribution in [3.05, 3.63) is 59.4 Å². The number of halogens is 1. The number of nitrogens with zero attached hydrogens (tertiary/aromatic N) is 1. The van der Waals surface area contributed by atoms with Gasteiger partial charge in [0.25, 0.3) is 0 Å². The Bertz CT molecular complexity index is 809. The lowest BCUT2D eigenvalue weighted by molar-refractivity contribution is -0.145. The predicted molar refractivity (Wildman–Crippen MR) is 104 cm³/mol. The predicted octanol–water partition coefficient (Wildman–Crippen LogP) is 4.26. The van der Waals surface area contributed by atoms with Crippen molar-refractivity contribution in [3.8, 4) is 11.5 Å². The molecule has 2 unspecified atom stereocenters. The maximum absolute atomic E-state index is 13.5. The van der Waals surface area contributed by atoms with Crippen LogP contribution in [0.25, 0.3) is 0 Å². The minimum Gasteiger partial charge on any atom is -0.493 e. The minimum absolute atomic E-state index is 0.313. The Hall–Kier alpha value is -2.60. The van der Waals surface area contributed by atoms with Gasteiger partial charge in [-0.2, -0.15) is 0 Å². The quantitative estimate of drug-likeness (QED) is 0.769. The first kappa shape index (κ1) is 20.1. The first-order valence-corrected chi connectivity index (χ1v) is 9.60. The molecule has 28 heavy (non-hydrogen) atoms. The number of ether oxygens (including phenoxy) is 2. The molecule has 0 saturated carbocycles. The van der Waals surface area contributed by atoms with Gasteiger partial charge < -0.3 is 14.6 Å². The van der Waals surface area contributed by atoms with Crippen LogP contribution in [-0.4, -0.2) is 42.3 Å². The maximum atomic E-state index is 13.5. The molecule has 0 radical (unpaired) electrons. The fraction of sp³-hybridized carbons (Fsp3) is 0.409. The van der Waals surface area contributed by atoms with E-state index in [0.29, 0.717) is 31.1 Å². The zero-order chi connectivity index (χ0) is 20.1. The summed E-state index contributed by atoms with van der Waals surface area (Å²) in [6, 6.07) is 11.0. The molecule has 5 nitrogen and oxygen atoms in total. The van der Waals surface area contributed by atoms with Crippen LogP contribution in [-0.2, 0) is 4.79 Å². The average molecular weight is 387 g/mol. The molecule has 2 atom stereocenters. The minimum atomic E-state index is -0.828. The van der Waals surface area contributed by atoms with Crippen molar-refractivity contribution in [1.29, 1.82) is 0 Å². The number of carbonyl (C=O) groups is 1. The van der Waals surface area contributed by atoms with E-state index < -0.39 is 12.0 Å². The van der Waals surface area contributed by atoms with Gasteiger partial charge >= 0.3 is 5.97 Å². The Labute approximate surface area is 164 Å². The summed E-state index contributed by atoms with van der Waals surface area (Å²) in [5.74, 6) is 0.0846. The van der Waals surface area contributed by atoms with E-state index in [1.165, 1.54) is 12.1 Å². The van der Waals surface area contributed by atoms with E-state index in [1.54, 1.807) is 19.2 Å². The summed E-state index contributed by atoms with van der Waals surface area (Å²) < 4.78 is 24.6. The summed E-state index contributed by atoms with van der Waals surface area (Å²) in [6.07, 6.45) is 2.41. The maximum Gasteiger partial charge on any atom is 0.320 e. The number of likely N-dealkylation sites (tertiary alicyclic amines) is 1. The third-order valence-electron chi connectivity index (χ3n) is 5.15. The molecule has 6 heteroatoms. The summed E-state index contributed by atoms with van der Waals surface area (Å²) in [5.41, 5.74) is 1.74. The van der Waals surface area contributed by atoms with Crippen molar-refractivity contribution in [2.45, 2.75) is 38.3 Å². The normalized spacial score (nSPS) is 18.5. The van der Waals surface area contributed by atoms with Gasteiger partial charge in [-0.15, -0.1) is 0 Å². The van der Waals surface area contributed by atoms with Gasteiger partial charge in [-0.05, 0) is 61.7 Å². The highest BCUT2D eigenvalue weighted by Crippen LogP contribution is 2.38. The first-order chi connectivity index (χ1) is 13.5. The van der Waals surface area contributed by atoms with E-state index in [4.69, 9.17) is 9.47 Å². The van der Waals surface area contributed by atoms with Gasteiger partial charge in [0.1, 0.15) is 11.9 Å². The molecule has 1 saturated heterocycles. The van der Waals surface area contributed by atoms with Gasteiger partial charge in [0.05, 0.1) is 19.8 Å². The Balaban J connectivity index is 2.09. The van der Waals surface area contributed by atoms with Crippen LogP contribution in [0.15, 0.2) is 42.5 Å². The topological polar surface area (TPSA) is 59.0 Å². The molecule has 2 aromatic rings. The highest BCUT2D eigenvalue weighted by molar-refractivity contribution is 5.73. The van der Waals surface area contributed by atoms with E-state index in [1.807, 2.05) is 30.0 Å². The highest BCUT2D eigenvalue weighted by atomic mass is 19.1. The van der Waals surface area contributed by atoms with Crippen LogP contribution in [0.4, 0.5) is 4.39 Å². The summed E-state index contributed by atoms with van der Waals surface area (Å²) in [4.78, 5) is 13.9. The molecule has 0 spiro atoms. The lowest BCUT2D eigenvalue weighted by Crippen LogP contribution is -2.46. The number of hydrogen-bond donors (Lipinski definition) is 1. The molecule has 1 fully saturated rings. The zero-order valence-electron chi connectivity index (χ0n) is 16.2. The number of piperidine rings is 1. The molecule has 1 heterocycles. The van der Waals surface area contributed by atoms with Crippen molar-refractivity contribution in [1.82, 2.24) is 4.90 Å². The number of benzene rings is 2. The molecular formula is C22H26FNO4. The number of rotatable bonds is 7.